The summed E-state index contributed by atoms with van der Waals surface area (Å²) in [5.74, 6) is 1.81. The molecule has 0 fully saturated rings. The number of halogens is 1. The number of hydrogen-bond acceptors (Lipinski definition) is 4. The minimum Gasteiger partial charge on any atom is -0.497 e. The van der Waals surface area contributed by atoms with E-state index in [1.165, 1.54) is 0 Å². The number of ether oxygens (including phenoxy) is 3. The van der Waals surface area contributed by atoms with Gasteiger partial charge in [0.05, 0.1) is 32.1 Å². The van der Waals surface area contributed by atoms with E-state index in [4.69, 9.17) is 25.8 Å². The molecule has 2 aromatic rings. The standard InChI is InChI=1S/C19H21ClN2O4/c1-4-13-11-22(16-9-12(20)5-8-17(16)26-13)19(23)21-15-7-6-14(24-2)10-18(15)25-3/h5-10,13H,4,11H2,1-3H3,(H,21,23). The number of nitrogens with zero attached hydrogens (tertiary/aromatic N) is 1. The molecule has 1 N–H and O–H groups in total. The summed E-state index contributed by atoms with van der Waals surface area (Å²) in [6.07, 6.45) is 0.713. The highest BCUT2D eigenvalue weighted by Crippen LogP contribution is 2.37. The average Bonchev–Trinajstić information content (AvgIpc) is 2.67. The van der Waals surface area contributed by atoms with E-state index in [9.17, 15) is 4.79 Å². The average molecular weight is 377 g/mol. The van der Waals surface area contributed by atoms with Crippen molar-refractivity contribution in [3.05, 3.63) is 41.4 Å². The van der Waals surface area contributed by atoms with Crippen LogP contribution in [0.3, 0.4) is 0 Å². The Morgan fingerprint density at radius 3 is 2.77 bits per heavy atom. The Morgan fingerprint density at radius 2 is 2.08 bits per heavy atom. The van der Waals surface area contributed by atoms with E-state index >= 15 is 0 Å². The van der Waals surface area contributed by atoms with Gasteiger partial charge in [0.1, 0.15) is 23.4 Å². The molecule has 6 nitrogen and oxygen atoms in total. The van der Waals surface area contributed by atoms with Crippen molar-refractivity contribution in [2.24, 2.45) is 0 Å². The topological polar surface area (TPSA) is 60.0 Å². The van der Waals surface area contributed by atoms with Crippen molar-refractivity contribution in [2.45, 2.75) is 19.4 Å². The lowest BCUT2D eigenvalue weighted by Crippen LogP contribution is -2.45. The van der Waals surface area contributed by atoms with Crippen LogP contribution in [0.1, 0.15) is 13.3 Å². The maximum atomic E-state index is 13.0. The first-order chi connectivity index (χ1) is 12.5. The van der Waals surface area contributed by atoms with Gasteiger partial charge in [-0.1, -0.05) is 18.5 Å². The molecule has 1 atom stereocenters. The predicted octanol–water partition coefficient (Wildman–Crippen LogP) is 4.57. The van der Waals surface area contributed by atoms with E-state index in [2.05, 4.69) is 5.32 Å². The number of urea groups is 1. The van der Waals surface area contributed by atoms with Crippen molar-refractivity contribution < 1.29 is 19.0 Å². The summed E-state index contributed by atoms with van der Waals surface area (Å²) in [5.41, 5.74) is 1.20. The Labute approximate surface area is 157 Å². The third-order valence-corrected chi connectivity index (χ3v) is 4.48. The number of nitrogens with one attached hydrogen (secondary N) is 1. The number of rotatable bonds is 4. The van der Waals surface area contributed by atoms with Crippen LogP contribution in [-0.4, -0.2) is 32.9 Å². The first-order valence-electron chi connectivity index (χ1n) is 8.32. The van der Waals surface area contributed by atoms with Gasteiger partial charge in [-0.05, 0) is 36.8 Å². The third-order valence-electron chi connectivity index (χ3n) is 4.24. The lowest BCUT2D eigenvalue weighted by atomic mass is 10.1. The highest BCUT2D eigenvalue weighted by Gasteiger charge is 2.29. The zero-order valence-corrected chi connectivity index (χ0v) is 15.7. The van der Waals surface area contributed by atoms with Gasteiger partial charge in [0.15, 0.2) is 0 Å². The molecule has 0 saturated carbocycles. The Bertz CT molecular complexity index is 812. The summed E-state index contributed by atoms with van der Waals surface area (Å²) in [5, 5.41) is 3.44. The molecule has 138 valence electrons. The van der Waals surface area contributed by atoms with Crippen molar-refractivity contribution in [1.82, 2.24) is 0 Å². The van der Waals surface area contributed by atoms with Gasteiger partial charge in [0.25, 0.3) is 0 Å². The Kier molecular flexibility index (Phi) is 5.42. The first kappa shape index (κ1) is 18.2. The summed E-state index contributed by atoms with van der Waals surface area (Å²) < 4.78 is 16.5. The van der Waals surface area contributed by atoms with Gasteiger partial charge in [0.2, 0.25) is 0 Å². The lowest BCUT2D eigenvalue weighted by Gasteiger charge is -2.34. The Hall–Kier alpha value is -2.60. The fraction of sp³-hybridized carbons (Fsp3) is 0.316. The van der Waals surface area contributed by atoms with Crippen LogP contribution in [-0.2, 0) is 0 Å². The third kappa shape index (κ3) is 3.65. The fourth-order valence-corrected chi connectivity index (χ4v) is 2.98. The molecule has 0 aliphatic carbocycles. The Morgan fingerprint density at radius 1 is 1.27 bits per heavy atom. The van der Waals surface area contributed by atoms with Crippen LogP contribution in [0, 0.1) is 0 Å². The highest BCUT2D eigenvalue weighted by atomic mass is 35.5. The van der Waals surface area contributed by atoms with E-state index in [-0.39, 0.29) is 12.1 Å². The van der Waals surface area contributed by atoms with Crippen molar-refractivity contribution in [3.63, 3.8) is 0 Å². The zero-order valence-electron chi connectivity index (χ0n) is 14.9. The van der Waals surface area contributed by atoms with Crippen molar-refractivity contribution in [2.75, 3.05) is 31.0 Å². The van der Waals surface area contributed by atoms with Crippen molar-refractivity contribution in [3.8, 4) is 17.2 Å². The second-order valence-electron chi connectivity index (χ2n) is 5.87. The van der Waals surface area contributed by atoms with Crippen LogP contribution in [0.25, 0.3) is 0 Å². The largest absolute Gasteiger partial charge is 0.497 e. The second kappa shape index (κ2) is 7.74. The lowest BCUT2D eigenvalue weighted by molar-refractivity contribution is 0.188. The maximum absolute atomic E-state index is 13.0. The van der Waals surface area contributed by atoms with E-state index in [1.54, 1.807) is 55.5 Å². The van der Waals surface area contributed by atoms with Gasteiger partial charge in [0, 0.05) is 11.1 Å². The number of carbonyl (C=O) groups is 1. The van der Waals surface area contributed by atoms with Crippen molar-refractivity contribution in [1.29, 1.82) is 0 Å². The molecule has 0 bridgehead atoms. The summed E-state index contributed by atoms with van der Waals surface area (Å²) in [6.45, 7) is 2.46. The molecule has 0 spiro atoms. The van der Waals surface area contributed by atoms with E-state index in [1.807, 2.05) is 6.92 Å². The molecule has 2 amide bonds. The fourth-order valence-electron chi connectivity index (χ4n) is 2.81. The molecule has 26 heavy (non-hydrogen) atoms. The van der Waals surface area contributed by atoms with Crippen molar-refractivity contribution >= 4 is 29.0 Å². The second-order valence-corrected chi connectivity index (χ2v) is 6.30. The zero-order chi connectivity index (χ0) is 18.7. The molecule has 0 radical (unpaired) electrons. The molecule has 3 rings (SSSR count). The van der Waals surface area contributed by atoms with Crippen LogP contribution < -0.4 is 24.4 Å². The van der Waals surface area contributed by atoms with E-state index in [0.29, 0.717) is 40.2 Å². The van der Waals surface area contributed by atoms with Gasteiger partial charge >= 0.3 is 6.03 Å². The monoisotopic (exact) mass is 376 g/mol. The van der Waals surface area contributed by atoms with Gasteiger partial charge in [-0.3, -0.25) is 4.90 Å². The van der Waals surface area contributed by atoms with Crippen LogP contribution >= 0.6 is 11.6 Å². The van der Waals surface area contributed by atoms with Crippen LogP contribution in [0.5, 0.6) is 17.2 Å². The molecule has 1 aliphatic heterocycles. The smallest absolute Gasteiger partial charge is 0.326 e. The summed E-state index contributed by atoms with van der Waals surface area (Å²) >= 11 is 6.11. The number of benzene rings is 2. The normalized spacial score (nSPS) is 15.7. The summed E-state index contributed by atoms with van der Waals surface area (Å²) in [4.78, 5) is 14.6. The number of amides is 2. The van der Waals surface area contributed by atoms with Gasteiger partial charge < -0.3 is 19.5 Å². The summed E-state index contributed by atoms with van der Waals surface area (Å²) in [7, 11) is 3.12. The SMILES string of the molecule is CCC1CN(C(=O)Nc2ccc(OC)cc2OC)c2cc(Cl)ccc2O1. The molecule has 1 unspecified atom stereocenters. The highest BCUT2D eigenvalue weighted by molar-refractivity contribution is 6.31. The predicted molar refractivity (Wildman–Crippen MR) is 102 cm³/mol. The number of hydrogen-bond donors (Lipinski definition) is 1. The van der Waals surface area contributed by atoms with Gasteiger partial charge in [-0.2, -0.15) is 0 Å². The molecule has 0 aromatic heterocycles. The van der Waals surface area contributed by atoms with Crippen LogP contribution in [0.15, 0.2) is 36.4 Å². The Balaban J connectivity index is 1.89. The first-order valence-corrected chi connectivity index (χ1v) is 8.70. The van der Waals surface area contributed by atoms with Crippen LogP contribution in [0.4, 0.5) is 16.2 Å². The number of fused-ring (bicyclic) bond motifs is 1. The molecule has 7 heteroatoms. The quantitative estimate of drug-likeness (QED) is 0.849. The molecule has 2 aromatic carbocycles. The van der Waals surface area contributed by atoms with Gasteiger partial charge in [-0.25, -0.2) is 4.79 Å². The molecule has 1 aliphatic rings. The van der Waals surface area contributed by atoms with E-state index < -0.39 is 0 Å². The number of carbonyl (C=O) groups excluding carboxylic acids is 1. The maximum Gasteiger partial charge on any atom is 0.326 e. The molecule has 0 saturated heterocycles. The van der Waals surface area contributed by atoms with E-state index in [0.717, 1.165) is 6.42 Å². The molecular formula is C19H21ClN2O4. The number of methoxy groups -OCH3 is 2. The molecular weight excluding hydrogens is 356 g/mol. The summed E-state index contributed by atoms with van der Waals surface area (Å²) in [6, 6.07) is 10.2. The minimum absolute atomic E-state index is 0.0767. The van der Waals surface area contributed by atoms with Crippen LogP contribution in [0.2, 0.25) is 5.02 Å². The number of anilines is 2. The minimum atomic E-state index is -0.279. The van der Waals surface area contributed by atoms with Gasteiger partial charge in [-0.15, -0.1) is 0 Å². The molecule has 1 heterocycles.